The summed E-state index contributed by atoms with van der Waals surface area (Å²) in [4.78, 5) is 23.0. The lowest BCUT2D eigenvalue weighted by molar-refractivity contribution is -0.153. The number of hydrogen-bond acceptors (Lipinski definition) is 3. The second-order valence-electron chi connectivity index (χ2n) is 11.4. The van der Waals surface area contributed by atoms with Crippen LogP contribution in [0.15, 0.2) is 12.2 Å². The number of allylic oxidation sites excluding steroid dienone is 2. The molecule has 0 fully saturated rings. The Hall–Kier alpha value is -1.32. The number of hydrogen-bond donors (Lipinski definition) is 1. The first-order chi connectivity index (χ1) is 18.6. The number of ether oxygens (including phenoxy) is 1. The molecule has 0 aromatic rings. The molecule has 0 aromatic carbocycles. The van der Waals surface area contributed by atoms with Gasteiger partial charge in [-0.05, 0) is 38.5 Å². The highest BCUT2D eigenvalue weighted by atomic mass is 16.5. The largest absolute Gasteiger partial charge is 0.481 e. The molecule has 38 heavy (non-hydrogen) atoms. The van der Waals surface area contributed by atoms with Crippen LogP contribution in [0, 0.1) is 5.92 Å². The maximum absolute atomic E-state index is 12.0. The first kappa shape index (κ1) is 36.7. The minimum atomic E-state index is -0.916. The first-order valence-electron chi connectivity index (χ1n) is 16.6. The monoisotopic (exact) mass is 536 g/mol. The fourth-order valence-corrected chi connectivity index (χ4v) is 5.06. The average Bonchev–Trinajstić information content (AvgIpc) is 2.90. The number of carboxylic acids is 1. The minimum absolute atomic E-state index is 0.112. The van der Waals surface area contributed by atoms with Gasteiger partial charge in [-0.15, -0.1) is 0 Å². The maximum atomic E-state index is 12.0. The van der Waals surface area contributed by atoms with E-state index >= 15 is 0 Å². The smallest absolute Gasteiger partial charge is 0.309 e. The summed E-state index contributed by atoms with van der Waals surface area (Å²) in [6.07, 6.45) is 36.6. The van der Waals surface area contributed by atoms with Gasteiger partial charge in [0.05, 0.1) is 18.9 Å². The number of carboxylic acid groups (broad SMARTS) is 1. The van der Waals surface area contributed by atoms with Crippen molar-refractivity contribution in [3.63, 3.8) is 0 Å². The third-order valence-corrected chi connectivity index (χ3v) is 7.52. The Morgan fingerprint density at radius 1 is 0.579 bits per heavy atom. The Bertz CT molecular complexity index is 543. The van der Waals surface area contributed by atoms with Gasteiger partial charge in [-0.2, -0.15) is 0 Å². The van der Waals surface area contributed by atoms with Crippen molar-refractivity contribution >= 4 is 11.9 Å². The molecule has 0 saturated carbocycles. The Balaban J connectivity index is 3.36. The predicted octanol–water partition coefficient (Wildman–Crippen LogP) is 11.0. The molecule has 0 radical (unpaired) electrons. The zero-order valence-corrected chi connectivity index (χ0v) is 25.5. The van der Waals surface area contributed by atoms with E-state index < -0.39 is 11.9 Å². The Morgan fingerprint density at radius 3 is 1.37 bits per heavy atom. The first-order valence-corrected chi connectivity index (χ1v) is 16.6. The number of carbonyl (C=O) groups is 2. The van der Waals surface area contributed by atoms with Crippen LogP contribution in [-0.4, -0.2) is 23.7 Å². The van der Waals surface area contributed by atoms with Gasteiger partial charge in [-0.3, -0.25) is 9.59 Å². The van der Waals surface area contributed by atoms with Gasteiger partial charge in [0.15, 0.2) is 0 Å². The van der Waals surface area contributed by atoms with Crippen LogP contribution in [0.4, 0.5) is 0 Å². The van der Waals surface area contributed by atoms with Crippen molar-refractivity contribution in [3.05, 3.63) is 12.2 Å². The molecule has 4 nitrogen and oxygen atoms in total. The van der Waals surface area contributed by atoms with E-state index in [0.29, 0.717) is 13.0 Å². The van der Waals surface area contributed by atoms with Crippen LogP contribution in [0.5, 0.6) is 0 Å². The molecule has 1 unspecified atom stereocenters. The Morgan fingerprint density at radius 2 is 0.974 bits per heavy atom. The van der Waals surface area contributed by atoms with Crippen LogP contribution in [0.1, 0.15) is 181 Å². The predicted molar refractivity (Wildman–Crippen MR) is 163 cm³/mol. The zero-order valence-electron chi connectivity index (χ0n) is 25.5. The second kappa shape index (κ2) is 30.2. The second-order valence-corrected chi connectivity index (χ2v) is 11.4. The Kier molecular flexibility index (Phi) is 29.2. The van der Waals surface area contributed by atoms with Gasteiger partial charge in [-0.1, -0.05) is 148 Å². The van der Waals surface area contributed by atoms with Crippen molar-refractivity contribution in [2.75, 3.05) is 6.61 Å². The molecule has 0 spiro atoms. The number of aliphatic carboxylic acids is 1. The molecule has 0 aliphatic heterocycles. The third-order valence-electron chi connectivity index (χ3n) is 7.52. The lowest BCUT2D eigenvalue weighted by Crippen LogP contribution is -2.21. The number of carbonyl (C=O) groups excluding carboxylic acids is 1. The fourth-order valence-electron chi connectivity index (χ4n) is 5.06. The van der Waals surface area contributed by atoms with E-state index in [2.05, 4.69) is 19.1 Å². The highest BCUT2D eigenvalue weighted by Crippen LogP contribution is 2.18. The van der Waals surface area contributed by atoms with Gasteiger partial charge in [-0.25, -0.2) is 0 Å². The number of esters is 1. The van der Waals surface area contributed by atoms with Gasteiger partial charge < -0.3 is 9.84 Å². The maximum Gasteiger partial charge on any atom is 0.309 e. The van der Waals surface area contributed by atoms with E-state index in [4.69, 9.17) is 9.84 Å². The molecule has 4 heteroatoms. The van der Waals surface area contributed by atoms with Crippen molar-refractivity contribution in [2.24, 2.45) is 5.92 Å². The molecule has 1 N–H and O–H groups in total. The summed E-state index contributed by atoms with van der Waals surface area (Å²) in [5.74, 6) is -1.74. The molecule has 0 bridgehead atoms. The molecule has 1 atom stereocenters. The lowest BCUT2D eigenvalue weighted by atomic mass is 9.97. The van der Waals surface area contributed by atoms with Crippen LogP contribution < -0.4 is 0 Å². The van der Waals surface area contributed by atoms with E-state index in [0.717, 1.165) is 19.3 Å². The molecule has 0 saturated heterocycles. The summed E-state index contributed by atoms with van der Waals surface area (Å²) in [5, 5.41) is 9.04. The topological polar surface area (TPSA) is 63.6 Å². The SMILES string of the molecule is CCCCCCCCCC/C=C/CCCCCCCCCCCCCCCC(CC(=O)O)C(=O)OCCC. The molecular weight excluding hydrogens is 472 g/mol. The standard InChI is InChI=1S/C34H64O4/c1-3-5-6-7-8-9-10-11-12-13-14-15-16-17-18-19-20-21-22-23-24-25-26-27-28-29-32(31-33(35)36)34(37)38-30-4-2/h13-14,32H,3-12,15-31H2,1-2H3,(H,35,36)/b14-13+. The summed E-state index contributed by atoms with van der Waals surface area (Å²) >= 11 is 0. The molecular formula is C34H64O4. The van der Waals surface area contributed by atoms with E-state index in [1.54, 1.807) is 0 Å². The van der Waals surface area contributed by atoms with E-state index in [1.807, 2.05) is 6.92 Å². The van der Waals surface area contributed by atoms with Crippen molar-refractivity contribution in [1.82, 2.24) is 0 Å². The summed E-state index contributed by atoms with van der Waals surface area (Å²) in [7, 11) is 0. The van der Waals surface area contributed by atoms with Crippen molar-refractivity contribution in [3.8, 4) is 0 Å². The summed E-state index contributed by atoms with van der Waals surface area (Å²) in [6.45, 7) is 4.61. The molecule has 224 valence electrons. The average molecular weight is 537 g/mol. The van der Waals surface area contributed by atoms with Gasteiger partial charge in [0.2, 0.25) is 0 Å². The quantitative estimate of drug-likeness (QED) is 0.0563. The highest BCUT2D eigenvalue weighted by Gasteiger charge is 2.22. The zero-order chi connectivity index (χ0) is 27.9. The van der Waals surface area contributed by atoms with Crippen LogP contribution in [-0.2, 0) is 14.3 Å². The van der Waals surface area contributed by atoms with Gasteiger partial charge >= 0.3 is 11.9 Å². The summed E-state index contributed by atoms with van der Waals surface area (Å²) in [5.41, 5.74) is 0. The van der Waals surface area contributed by atoms with E-state index in [-0.39, 0.29) is 12.4 Å². The molecule has 0 rings (SSSR count). The molecule has 0 amide bonds. The molecule has 0 heterocycles. The van der Waals surface area contributed by atoms with Gasteiger partial charge in [0.1, 0.15) is 0 Å². The van der Waals surface area contributed by atoms with Gasteiger partial charge in [0, 0.05) is 0 Å². The van der Waals surface area contributed by atoms with Crippen molar-refractivity contribution in [1.29, 1.82) is 0 Å². The van der Waals surface area contributed by atoms with Crippen LogP contribution >= 0.6 is 0 Å². The minimum Gasteiger partial charge on any atom is -0.481 e. The third kappa shape index (κ3) is 27.7. The molecule has 0 aliphatic carbocycles. The summed E-state index contributed by atoms with van der Waals surface area (Å²) < 4.78 is 5.16. The molecule has 0 aromatic heterocycles. The van der Waals surface area contributed by atoms with Crippen LogP contribution in [0.25, 0.3) is 0 Å². The Labute approximate surface area is 236 Å². The van der Waals surface area contributed by atoms with Crippen LogP contribution in [0.2, 0.25) is 0 Å². The lowest BCUT2D eigenvalue weighted by Gasteiger charge is -2.13. The fraction of sp³-hybridized carbons (Fsp3) is 0.882. The highest BCUT2D eigenvalue weighted by molar-refractivity contribution is 5.79. The number of unbranched alkanes of at least 4 members (excludes halogenated alkanes) is 21. The molecule has 0 aliphatic rings. The van der Waals surface area contributed by atoms with Crippen molar-refractivity contribution < 1.29 is 19.4 Å². The van der Waals surface area contributed by atoms with Crippen LogP contribution in [0.3, 0.4) is 0 Å². The van der Waals surface area contributed by atoms with E-state index in [1.165, 1.54) is 135 Å². The summed E-state index contributed by atoms with van der Waals surface area (Å²) in [6, 6.07) is 0. The van der Waals surface area contributed by atoms with E-state index in [9.17, 15) is 9.59 Å². The number of rotatable bonds is 30. The van der Waals surface area contributed by atoms with Crippen molar-refractivity contribution in [2.45, 2.75) is 181 Å². The normalized spacial score (nSPS) is 12.3. The van der Waals surface area contributed by atoms with Gasteiger partial charge in [0.25, 0.3) is 0 Å².